The number of nitrogens with one attached hydrogen (secondary N) is 2. The molecule has 2 fully saturated rings. The van der Waals surface area contributed by atoms with Crippen LogP contribution in [0.1, 0.15) is 24.1 Å². The number of anilines is 1. The summed E-state index contributed by atoms with van der Waals surface area (Å²) in [5, 5.41) is 10.3. The molecule has 2 N–H and O–H groups in total. The maximum atomic E-state index is 11.9. The van der Waals surface area contributed by atoms with Crippen molar-refractivity contribution in [1.29, 1.82) is 0 Å². The minimum absolute atomic E-state index is 0.353. The van der Waals surface area contributed by atoms with Crippen molar-refractivity contribution < 1.29 is 9.59 Å². The number of nitrogens with zero attached hydrogens (tertiary/aromatic N) is 4. The number of thiophene rings is 1. The van der Waals surface area contributed by atoms with E-state index >= 15 is 0 Å². The Morgan fingerprint density at radius 3 is 2.71 bits per heavy atom. The standard InChI is InChI=1S/C32H28N6O2S2/c39-30-28(42-32(40)37-30)16-23-9-12-34-31(35-23)38-13-10-20(11-14-38)17-33-18-22-15-21-5-1-3-7-26(21)36-29(22)25-19-41-27-8-4-2-6-24(25)27/h1-9,12,15-16,19-20,33H,10-11,13-14,17-18H2,(H,37,39,40). The van der Waals surface area contributed by atoms with Crippen LogP contribution in [-0.4, -0.2) is 45.7 Å². The number of carbonyl (C=O) groups is 2. The number of amides is 2. The summed E-state index contributed by atoms with van der Waals surface area (Å²) in [4.78, 5) is 40.1. The quantitative estimate of drug-likeness (QED) is 0.214. The van der Waals surface area contributed by atoms with Crippen molar-refractivity contribution in [3.63, 3.8) is 0 Å². The van der Waals surface area contributed by atoms with Crippen LogP contribution in [0.3, 0.4) is 0 Å². The third-order valence-corrected chi connectivity index (χ3v) is 9.54. The van der Waals surface area contributed by atoms with Crippen LogP contribution >= 0.6 is 23.1 Å². The van der Waals surface area contributed by atoms with Crippen LogP contribution in [-0.2, 0) is 11.3 Å². The number of rotatable bonds is 7. The molecule has 2 aromatic carbocycles. The van der Waals surface area contributed by atoms with Gasteiger partial charge in [-0.3, -0.25) is 14.9 Å². The van der Waals surface area contributed by atoms with E-state index in [1.807, 2.05) is 6.07 Å². The molecule has 0 spiro atoms. The molecule has 8 nitrogen and oxygen atoms in total. The van der Waals surface area contributed by atoms with Gasteiger partial charge in [-0.15, -0.1) is 11.3 Å². The highest BCUT2D eigenvalue weighted by Crippen LogP contribution is 2.36. The van der Waals surface area contributed by atoms with Crippen LogP contribution in [0, 0.1) is 5.92 Å². The second-order valence-corrected chi connectivity index (χ2v) is 12.5. The number of thioether (sulfide) groups is 1. The molecule has 0 atom stereocenters. The summed E-state index contributed by atoms with van der Waals surface area (Å²) >= 11 is 2.66. The first-order valence-corrected chi connectivity index (χ1v) is 15.7. The Kier molecular flexibility index (Phi) is 7.41. The van der Waals surface area contributed by atoms with Gasteiger partial charge in [0.05, 0.1) is 21.8 Å². The highest BCUT2D eigenvalue weighted by molar-refractivity contribution is 8.18. The molecule has 0 radical (unpaired) electrons. The largest absolute Gasteiger partial charge is 0.341 e. The van der Waals surface area contributed by atoms with Crippen molar-refractivity contribution in [3.8, 4) is 11.3 Å². The smallest absolute Gasteiger partial charge is 0.290 e. The van der Waals surface area contributed by atoms with E-state index < -0.39 is 0 Å². The number of carbonyl (C=O) groups excluding carboxylic acids is 2. The molecule has 5 aromatic rings. The number of aromatic nitrogens is 3. The summed E-state index contributed by atoms with van der Waals surface area (Å²) in [6.07, 6.45) is 5.41. The Bertz CT molecular complexity index is 1840. The third kappa shape index (κ3) is 5.53. The molecule has 2 amide bonds. The molecule has 42 heavy (non-hydrogen) atoms. The highest BCUT2D eigenvalue weighted by atomic mass is 32.2. The lowest BCUT2D eigenvalue weighted by Crippen LogP contribution is -2.38. The third-order valence-electron chi connectivity index (χ3n) is 7.77. The number of para-hydroxylation sites is 1. The summed E-state index contributed by atoms with van der Waals surface area (Å²) in [6.45, 7) is 3.41. The molecule has 2 aliphatic heterocycles. The number of benzene rings is 2. The normalized spacial score (nSPS) is 17.0. The van der Waals surface area contributed by atoms with Crippen molar-refractivity contribution in [2.45, 2.75) is 19.4 Å². The fourth-order valence-electron chi connectivity index (χ4n) is 5.59. The zero-order chi connectivity index (χ0) is 28.5. The van der Waals surface area contributed by atoms with Crippen molar-refractivity contribution in [2.24, 2.45) is 5.92 Å². The van der Waals surface area contributed by atoms with Crippen LogP contribution in [0.4, 0.5) is 10.7 Å². The Labute approximate surface area is 251 Å². The molecule has 2 saturated heterocycles. The average Bonchev–Trinajstić information content (AvgIpc) is 3.59. The molecule has 0 aliphatic carbocycles. The summed E-state index contributed by atoms with van der Waals surface area (Å²) in [5.74, 6) is 0.823. The second-order valence-electron chi connectivity index (χ2n) is 10.5. The van der Waals surface area contributed by atoms with Gasteiger partial charge in [-0.25, -0.2) is 15.0 Å². The Balaban J connectivity index is 1.01. The van der Waals surface area contributed by atoms with E-state index in [1.54, 1.807) is 29.7 Å². The van der Waals surface area contributed by atoms with E-state index in [9.17, 15) is 9.59 Å². The van der Waals surface area contributed by atoms with Crippen molar-refractivity contribution in [3.05, 3.63) is 88.4 Å². The van der Waals surface area contributed by atoms with E-state index in [2.05, 4.69) is 79.4 Å². The maximum absolute atomic E-state index is 11.9. The molecule has 10 heteroatoms. The van der Waals surface area contributed by atoms with Gasteiger partial charge in [0.25, 0.3) is 11.1 Å². The lowest BCUT2D eigenvalue weighted by Gasteiger charge is -2.32. The molecule has 210 valence electrons. The van der Waals surface area contributed by atoms with E-state index in [1.165, 1.54) is 21.2 Å². The molecule has 0 bridgehead atoms. The van der Waals surface area contributed by atoms with Gasteiger partial charge in [0.2, 0.25) is 5.95 Å². The molecular weight excluding hydrogens is 565 g/mol. The first-order valence-electron chi connectivity index (χ1n) is 14.0. The predicted molar refractivity (Wildman–Crippen MR) is 170 cm³/mol. The second kappa shape index (κ2) is 11.6. The van der Waals surface area contributed by atoms with Crippen molar-refractivity contribution >= 4 is 67.3 Å². The number of imide groups is 1. The first-order chi connectivity index (χ1) is 20.6. The van der Waals surface area contributed by atoms with Gasteiger partial charge in [-0.2, -0.15) is 0 Å². The number of fused-ring (bicyclic) bond motifs is 2. The van der Waals surface area contributed by atoms with Crippen LogP contribution in [0.15, 0.2) is 77.1 Å². The molecule has 7 rings (SSSR count). The fourth-order valence-corrected chi connectivity index (χ4v) is 7.20. The minimum atomic E-state index is -0.381. The monoisotopic (exact) mass is 592 g/mol. The van der Waals surface area contributed by atoms with E-state index in [0.29, 0.717) is 22.5 Å². The summed E-state index contributed by atoms with van der Waals surface area (Å²) < 4.78 is 1.28. The number of hydrogen-bond acceptors (Lipinski definition) is 9. The number of pyridine rings is 1. The fraction of sp³-hybridized carbons (Fsp3) is 0.219. The van der Waals surface area contributed by atoms with Crippen LogP contribution < -0.4 is 15.5 Å². The molecule has 5 heterocycles. The molecule has 3 aromatic heterocycles. The van der Waals surface area contributed by atoms with Gasteiger partial charge >= 0.3 is 0 Å². The van der Waals surface area contributed by atoms with Crippen molar-refractivity contribution in [2.75, 3.05) is 24.5 Å². The maximum Gasteiger partial charge on any atom is 0.290 e. The lowest BCUT2D eigenvalue weighted by molar-refractivity contribution is -0.115. The lowest BCUT2D eigenvalue weighted by atomic mass is 9.96. The molecule has 0 saturated carbocycles. The predicted octanol–water partition coefficient (Wildman–Crippen LogP) is 6.24. The summed E-state index contributed by atoms with van der Waals surface area (Å²) in [5.41, 5.74) is 5.10. The average molecular weight is 593 g/mol. The van der Waals surface area contributed by atoms with Gasteiger partial charge in [-0.1, -0.05) is 36.4 Å². The Morgan fingerprint density at radius 2 is 1.86 bits per heavy atom. The van der Waals surface area contributed by atoms with Gasteiger partial charge in [0.1, 0.15) is 0 Å². The Morgan fingerprint density at radius 1 is 1.02 bits per heavy atom. The van der Waals surface area contributed by atoms with Crippen molar-refractivity contribution in [1.82, 2.24) is 25.6 Å². The molecule has 0 unspecified atom stereocenters. The topological polar surface area (TPSA) is 100 Å². The number of hydrogen-bond donors (Lipinski definition) is 2. The zero-order valence-electron chi connectivity index (χ0n) is 22.7. The van der Waals surface area contributed by atoms with Gasteiger partial charge in [-0.05, 0) is 73.0 Å². The molecule has 2 aliphatic rings. The van der Waals surface area contributed by atoms with E-state index in [0.717, 1.165) is 67.4 Å². The zero-order valence-corrected chi connectivity index (χ0v) is 24.4. The van der Waals surface area contributed by atoms with Crippen LogP contribution in [0.2, 0.25) is 0 Å². The minimum Gasteiger partial charge on any atom is -0.341 e. The highest BCUT2D eigenvalue weighted by Gasteiger charge is 2.26. The van der Waals surface area contributed by atoms with E-state index in [-0.39, 0.29) is 11.1 Å². The van der Waals surface area contributed by atoms with Gasteiger partial charge < -0.3 is 10.2 Å². The first kappa shape index (κ1) is 26.8. The SMILES string of the molecule is O=C1NC(=O)C(=Cc2ccnc(N3CCC(CNCc4cc5ccccc5nc4-c4csc5ccccc45)CC3)n2)S1. The van der Waals surface area contributed by atoms with Crippen LogP contribution in [0.25, 0.3) is 38.3 Å². The summed E-state index contributed by atoms with van der Waals surface area (Å²) in [6, 6.07) is 20.9. The number of piperidine rings is 1. The Hall–Kier alpha value is -4.12. The van der Waals surface area contributed by atoms with Gasteiger partial charge in [0, 0.05) is 52.2 Å². The van der Waals surface area contributed by atoms with Crippen LogP contribution in [0.5, 0.6) is 0 Å². The van der Waals surface area contributed by atoms with E-state index in [4.69, 9.17) is 4.98 Å². The molecular formula is C32H28N6O2S2. The summed E-state index contributed by atoms with van der Waals surface area (Å²) in [7, 11) is 0. The van der Waals surface area contributed by atoms with Gasteiger partial charge in [0.15, 0.2) is 0 Å².